The maximum Gasteiger partial charge on any atom is 0.264 e. The molecular weight excluding hydrogens is 366 g/mol. The Labute approximate surface area is 172 Å². The fraction of sp³-hybridized carbons (Fsp3) is 0.417. The van der Waals surface area contributed by atoms with Crippen LogP contribution in [0.5, 0.6) is 5.75 Å². The van der Waals surface area contributed by atoms with Crippen molar-refractivity contribution in [2.45, 2.75) is 59.1 Å². The van der Waals surface area contributed by atoms with E-state index in [4.69, 9.17) is 4.74 Å². The Morgan fingerprint density at radius 1 is 1.14 bits per heavy atom. The zero-order valence-electron chi connectivity index (χ0n) is 17.6. The number of benzene rings is 2. The summed E-state index contributed by atoms with van der Waals surface area (Å²) in [6.45, 7) is 8.18. The van der Waals surface area contributed by atoms with Gasteiger partial charge in [-0.2, -0.15) is 0 Å². The lowest BCUT2D eigenvalue weighted by Gasteiger charge is -2.23. The van der Waals surface area contributed by atoms with Gasteiger partial charge in [0.1, 0.15) is 11.5 Å². The summed E-state index contributed by atoms with van der Waals surface area (Å²) in [5.41, 5.74) is 1.98. The SMILES string of the molecule is CCCCOc1ccccc1CN1C(=O)C(O)(CC(C)=O)c2c(C)ccc(C)c21. The number of para-hydroxylation sites is 1. The number of aliphatic hydroxyl groups is 1. The van der Waals surface area contributed by atoms with Crippen molar-refractivity contribution < 1.29 is 19.4 Å². The largest absolute Gasteiger partial charge is 0.493 e. The number of anilines is 1. The first-order valence-electron chi connectivity index (χ1n) is 10.1. The highest BCUT2D eigenvalue weighted by molar-refractivity contribution is 6.09. The van der Waals surface area contributed by atoms with E-state index in [2.05, 4.69) is 6.92 Å². The normalized spacial score (nSPS) is 18.1. The predicted octanol–water partition coefficient (Wildman–Crippen LogP) is 4.20. The van der Waals surface area contributed by atoms with Crippen LogP contribution in [0.25, 0.3) is 0 Å². The Bertz CT molecular complexity index is 936. The van der Waals surface area contributed by atoms with Crippen LogP contribution in [0.15, 0.2) is 36.4 Å². The third-order valence-corrected chi connectivity index (χ3v) is 5.43. The topological polar surface area (TPSA) is 66.8 Å². The van der Waals surface area contributed by atoms with E-state index in [-0.39, 0.29) is 18.7 Å². The zero-order valence-corrected chi connectivity index (χ0v) is 17.6. The highest BCUT2D eigenvalue weighted by Crippen LogP contribution is 2.47. The van der Waals surface area contributed by atoms with Gasteiger partial charge in [0.05, 0.1) is 18.8 Å². The Hall–Kier alpha value is -2.66. The zero-order chi connectivity index (χ0) is 21.2. The summed E-state index contributed by atoms with van der Waals surface area (Å²) in [5.74, 6) is 0.0592. The van der Waals surface area contributed by atoms with Crippen LogP contribution in [0.3, 0.4) is 0 Å². The first-order valence-corrected chi connectivity index (χ1v) is 10.1. The first-order chi connectivity index (χ1) is 13.8. The fourth-order valence-corrected chi connectivity index (χ4v) is 4.05. The summed E-state index contributed by atoms with van der Waals surface area (Å²) in [6.07, 6.45) is 1.77. The Morgan fingerprint density at radius 2 is 1.83 bits per heavy atom. The molecule has 0 saturated heterocycles. The van der Waals surface area contributed by atoms with Gasteiger partial charge in [0.15, 0.2) is 5.60 Å². The second-order valence-corrected chi connectivity index (χ2v) is 7.86. The van der Waals surface area contributed by atoms with E-state index in [0.717, 1.165) is 35.3 Å². The smallest absolute Gasteiger partial charge is 0.264 e. The summed E-state index contributed by atoms with van der Waals surface area (Å²) in [4.78, 5) is 26.9. The number of amides is 1. The summed E-state index contributed by atoms with van der Waals surface area (Å²) in [6, 6.07) is 11.5. The number of carbonyl (C=O) groups excluding carboxylic acids is 2. The van der Waals surface area contributed by atoms with Crippen molar-refractivity contribution in [2.75, 3.05) is 11.5 Å². The maximum absolute atomic E-state index is 13.4. The summed E-state index contributed by atoms with van der Waals surface area (Å²) < 4.78 is 5.93. The molecule has 0 aromatic heterocycles. The molecule has 0 aliphatic carbocycles. The fourth-order valence-electron chi connectivity index (χ4n) is 4.05. The molecule has 5 nitrogen and oxygen atoms in total. The number of carbonyl (C=O) groups is 2. The number of hydrogen-bond acceptors (Lipinski definition) is 4. The van der Waals surface area contributed by atoms with Crippen LogP contribution in [0.4, 0.5) is 5.69 Å². The van der Waals surface area contributed by atoms with Gasteiger partial charge in [0.2, 0.25) is 0 Å². The number of nitrogens with zero attached hydrogens (tertiary/aromatic N) is 1. The van der Waals surface area contributed by atoms with Gasteiger partial charge in [-0.05, 0) is 44.4 Å². The molecule has 1 aliphatic heterocycles. The second kappa shape index (κ2) is 8.37. The highest BCUT2D eigenvalue weighted by Gasteiger charge is 2.51. The molecule has 2 aromatic carbocycles. The molecule has 0 saturated carbocycles. The van der Waals surface area contributed by atoms with Gasteiger partial charge < -0.3 is 14.7 Å². The quantitative estimate of drug-likeness (QED) is 0.681. The van der Waals surface area contributed by atoms with Gasteiger partial charge >= 0.3 is 0 Å². The first kappa shape index (κ1) is 21.1. The van der Waals surface area contributed by atoms with Crippen LogP contribution in [-0.2, 0) is 21.7 Å². The van der Waals surface area contributed by atoms with E-state index in [9.17, 15) is 14.7 Å². The lowest BCUT2D eigenvalue weighted by molar-refractivity contribution is -0.141. The van der Waals surface area contributed by atoms with E-state index < -0.39 is 11.5 Å². The molecule has 1 atom stereocenters. The molecule has 0 bridgehead atoms. The average molecular weight is 395 g/mol. The number of hydrogen-bond donors (Lipinski definition) is 1. The van der Waals surface area contributed by atoms with Crippen molar-refractivity contribution in [2.24, 2.45) is 0 Å². The third kappa shape index (κ3) is 3.92. The van der Waals surface area contributed by atoms with Crippen LogP contribution < -0.4 is 9.64 Å². The standard InChI is InChI=1S/C24H29NO4/c1-5-6-13-29-20-10-8-7-9-19(20)15-25-22-17(3)12-11-16(2)21(22)24(28,23(25)27)14-18(4)26/h7-12,28H,5-6,13-15H2,1-4H3. The lowest BCUT2D eigenvalue weighted by Crippen LogP contribution is -2.41. The monoisotopic (exact) mass is 395 g/mol. The third-order valence-electron chi connectivity index (χ3n) is 5.43. The number of ether oxygens (including phenoxy) is 1. The molecular formula is C24H29NO4. The average Bonchev–Trinajstić information content (AvgIpc) is 2.88. The molecule has 154 valence electrons. The van der Waals surface area contributed by atoms with Crippen molar-refractivity contribution in [3.8, 4) is 5.75 Å². The van der Waals surface area contributed by atoms with Crippen molar-refractivity contribution in [3.63, 3.8) is 0 Å². The molecule has 1 N–H and O–H groups in total. The molecule has 1 unspecified atom stereocenters. The Balaban J connectivity index is 2.03. The molecule has 3 rings (SSSR count). The number of Topliss-reactive ketones (excluding diaryl/α,β-unsaturated/α-hetero) is 1. The van der Waals surface area contributed by atoms with Gasteiger partial charge in [0.25, 0.3) is 5.91 Å². The van der Waals surface area contributed by atoms with Gasteiger partial charge in [-0.15, -0.1) is 0 Å². The summed E-state index contributed by atoms with van der Waals surface area (Å²) in [5, 5.41) is 11.3. The van der Waals surface area contributed by atoms with Crippen LogP contribution >= 0.6 is 0 Å². The molecule has 0 fully saturated rings. The number of unbranched alkanes of at least 4 members (excludes halogenated alkanes) is 1. The van der Waals surface area contributed by atoms with Crippen molar-refractivity contribution >= 4 is 17.4 Å². The lowest BCUT2D eigenvalue weighted by atomic mass is 9.86. The van der Waals surface area contributed by atoms with Crippen molar-refractivity contribution in [3.05, 3.63) is 58.7 Å². The number of ketones is 1. The van der Waals surface area contributed by atoms with Crippen LogP contribution in [-0.4, -0.2) is 23.4 Å². The molecule has 0 spiro atoms. The summed E-state index contributed by atoms with van der Waals surface area (Å²) >= 11 is 0. The molecule has 2 aromatic rings. The Kier molecular flexibility index (Phi) is 6.08. The van der Waals surface area contributed by atoms with Gasteiger partial charge in [-0.3, -0.25) is 9.59 Å². The molecule has 1 amide bonds. The molecule has 1 heterocycles. The minimum Gasteiger partial charge on any atom is -0.493 e. The van der Waals surface area contributed by atoms with E-state index in [0.29, 0.717) is 17.9 Å². The van der Waals surface area contributed by atoms with Gasteiger partial charge in [-0.25, -0.2) is 0 Å². The predicted molar refractivity (Wildman–Crippen MR) is 113 cm³/mol. The van der Waals surface area contributed by atoms with E-state index in [1.54, 1.807) is 4.90 Å². The Morgan fingerprint density at radius 3 is 2.52 bits per heavy atom. The number of aryl methyl sites for hydroxylation is 2. The van der Waals surface area contributed by atoms with Crippen molar-refractivity contribution in [1.29, 1.82) is 0 Å². The van der Waals surface area contributed by atoms with Crippen LogP contribution in [0.1, 0.15) is 55.4 Å². The molecule has 1 aliphatic rings. The number of rotatable bonds is 8. The van der Waals surface area contributed by atoms with Crippen LogP contribution in [0.2, 0.25) is 0 Å². The number of fused-ring (bicyclic) bond motifs is 1. The highest BCUT2D eigenvalue weighted by atomic mass is 16.5. The summed E-state index contributed by atoms with van der Waals surface area (Å²) in [7, 11) is 0. The van der Waals surface area contributed by atoms with E-state index in [1.165, 1.54) is 6.92 Å². The molecule has 0 radical (unpaired) electrons. The van der Waals surface area contributed by atoms with Crippen molar-refractivity contribution in [1.82, 2.24) is 0 Å². The van der Waals surface area contributed by atoms with E-state index >= 15 is 0 Å². The van der Waals surface area contributed by atoms with Crippen LogP contribution in [0, 0.1) is 13.8 Å². The molecule has 29 heavy (non-hydrogen) atoms. The minimum atomic E-state index is -1.82. The molecule has 5 heteroatoms. The van der Waals surface area contributed by atoms with Gasteiger partial charge in [-0.1, -0.05) is 43.7 Å². The minimum absolute atomic E-state index is 0.224. The van der Waals surface area contributed by atoms with Gasteiger partial charge in [0, 0.05) is 17.5 Å². The second-order valence-electron chi connectivity index (χ2n) is 7.86. The van der Waals surface area contributed by atoms with E-state index in [1.807, 2.05) is 50.2 Å². The maximum atomic E-state index is 13.4.